The maximum absolute atomic E-state index is 11.4. The molecule has 0 fully saturated rings. The van der Waals surface area contributed by atoms with E-state index in [0.717, 1.165) is 17.5 Å². The molecular weight excluding hydrogens is 272 g/mol. The van der Waals surface area contributed by atoms with Crippen molar-refractivity contribution in [3.05, 3.63) is 57.8 Å². The van der Waals surface area contributed by atoms with Crippen LogP contribution in [0.2, 0.25) is 0 Å². The molecule has 1 aromatic carbocycles. The SMILES string of the molecule is COC(=O)Cc1ccccc1COCCc1cccs1. The molecule has 0 N–H and O–H groups in total. The second-order valence-electron chi connectivity index (χ2n) is 4.40. The lowest BCUT2D eigenvalue weighted by molar-refractivity contribution is -0.139. The third-order valence-electron chi connectivity index (χ3n) is 3.01. The second kappa shape index (κ2) is 7.82. The fourth-order valence-corrected chi connectivity index (χ4v) is 2.60. The number of carbonyl (C=O) groups excluding carboxylic acids is 1. The minimum atomic E-state index is -0.226. The summed E-state index contributed by atoms with van der Waals surface area (Å²) in [5, 5.41) is 2.07. The van der Waals surface area contributed by atoms with Crippen LogP contribution < -0.4 is 0 Å². The van der Waals surface area contributed by atoms with Crippen molar-refractivity contribution < 1.29 is 14.3 Å². The standard InChI is InChI=1S/C16H18O3S/c1-18-16(17)11-13-5-2-3-6-14(13)12-19-9-8-15-7-4-10-20-15/h2-7,10H,8-9,11-12H2,1H3. The number of benzene rings is 1. The number of thiophene rings is 1. The van der Waals surface area contributed by atoms with Gasteiger partial charge in [0.05, 0.1) is 26.7 Å². The van der Waals surface area contributed by atoms with Gasteiger partial charge in [-0.25, -0.2) is 0 Å². The highest BCUT2D eigenvalue weighted by molar-refractivity contribution is 7.09. The molecule has 1 aromatic heterocycles. The van der Waals surface area contributed by atoms with E-state index in [0.29, 0.717) is 19.6 Å². The number of hydrogen-bond donors (Lipinski definition) is 0. The first-order chi connectivity index (χ1) is 9.79. The third-order valence-corrected chi connectivity index (χ3v) is 3.95. The molecule has 1 heterocycles. The largest absolute Gasteiger partial charge is 0.469 e. The van der Waals surface area contributed by atoms with Crippen LogP contribution in [0.3, 0.4) is 0 Å². The predicted octanol–water partition coefficient (Wildman–Crippen LogP) is 3.22. The van der Waals surface area contributed by atoms with Crippen LogP contribution in [0.5, 0.6) is 0 Å². The summed E-state index contributed by atoms with van der Waals surface area (Å²) in [5.74, 6) is -0.226. The van der Waals surface area contributed by atoms with Gasteiger partial charge < -0.3 is 9.47 Å². The Hall–Kier alpha value is -1.65. The highest BCUT2D eigenvalue weighted by Crippen LogP contribution is 2.13. The molecule has 0 amide bonds. The summed E-state index contributed by atoms with van der Waals surface area (Å²) in [6, 6.07) is 12.0. The van der Waals surface area contributed by atoms with E-state index in [4.69, 9.17) is 9.47 Å². The molecule has 0 aliphatic rings. The summed E-state index contributed by atoms with van der Waals surface area (Å²) in [5.41, 5.74) is 2.01. The van der Waals surface area contributed by atoms with E-state index in [2.05, 4.69) is 11.4 Å². The van der Waals surface area contributed by atoms with Crippen LogP contribution in [0, 0.1) is 0 Å². The Balaban J connectivity index is 1.84. The van der Waals surface area contributed by atoms with Crippen molar-refractivity contribution in [3.8, 4) is 0 Å². The van der Waals surface area contributed by atoms with Crippen LogP contribution in [0.15, 0.2) is 41.8 Å². The lowest BCUT2D eigenvalue weighted by atomic mass is 10.1. The lowest BCUT2D eigenvalue weighted by Gasteiger charge is -2.09. The Morgan fingerprint density at radius 3 is 2.65 bits per heavy atom. The maximum Gasteiger partial charge on any atom is 0.309 e. The van der Waals surface area contributed by atoms with Gasteiger partial charge in [0, 0.05) is 11.3 Å². The Morgan fingerprint density at radius 1 is 1.15 bits per heavy atom. The molecule has 0 atom stereocenters. The van der Waals surface area contributed by atoms with Gasteiger partial charge in [-0.1, -0.05) is 30.3 Å². The van der Waals surface area contributed by atoms with Crippen LogP contribution >= 0.6 is 11.3 Å². The lowest BCUT2D eigenvalue weighted by Crippen LogP contribution is -2.08. The van der Waals surface area contributed by atoms with Gasteiger partial charge >= 0.3 is 5.97 Å². The van der Waals surface area contributed by atoms with E-state index in [1.165, 1.54) is 12.0 Å². The molecule has 0 radical (unpaired) electrons. The quantitative estimate of drug-likeness (QED) is 0.580. The molecule has 0 aliphatic heterocycles. The molecule has 0 saturated carbocycles. The van der Waals surface area contributed by atoms with Gasteiger partial charge in [-0.05, 0) is 22.6 Å². The van der Waals surface area contributed by atoms with Gasteiger partial charge in [-0.2, -0.15) is 0 Å². The number of methoxy groups -OCH3 is 1. The Bertz CT molecular complexity index is 534. The summed E-state index contributed by atoms with van der Waals surface area (Å²) in [4.78, 5) is 12.7. The van der Waals surface area contributed by atoms with Crippen molar-refractivity contribution >= 4 is 17.3 Å². The molecule has 0 unspecified atom stereocenters. The van der Waals surface area contributed by atoms with Gasteiger partial charge in [0.2, 0.25) is 0 Å². The van der Waals surface area contributed by atoms with E-state index in [1.54, 1.807) is 11.3 Å². The van der Waals surface area contributed by atoms with Crippen molar-refractivity contribution in [2.45, 2.75) is 19.4 Å². The second-order valence-corrected chi connectivity index (χ2v) is 5.44. The Kier molecular flexibility index (Phi) is 5.77. The van der Waals surface area contributed by atoms with Crippen LogP contribution in [-0.2, 0) is 33.7 Å². The summed E-state index contributed by atoms with van der Waals surface area (Å²) in [6.07, 6.45) is 1.22. The fraction of sp³-hybridized carbons (Fsp3) is 0.312. The topological polar surface area (TPSA) is 35.5 Å². The molecule has 4 heteroatoms. The van der Waals surface area contributed by atoms with Gasteiger partial charge in [0.1, 0.15) is 0 Å². The third kappa shape index (κ3) is 4.47. The van der Waals surface area contributed by atoms with Crippen molar-refractivity contribution in [3.63, 3.8) is 0 Å². The number of esters is 1. The maximum atomic E-state index is 11.4. The number of rotatable bonds is 7. The average molecular weight is 290 g/mol. The summed E-state index contributed by atoms with van der Waals surface area (Å²) >= 11 is 1.74. The number of hydrogen-bond acceptors (Lipinski definition) is 4. The van der Waals surface area contributed by atoms with E-state index in [9.17, 15) is 4.79 Å². The van der Waals surface area contributed by atoms with E-state index < -0.39 is 0 Å². The zero-order chi connectivity index (χ0) is 14.2. The van der Waals surface area contributed by atoms with Crippen molar-refractivity contribution in [2.75, 3.05) is 13.7 Å². The smallest absolute Gasteiger partial charge is 0.309 e. The highest BCUT2D eigenvalue weighted by atomic mass is 32.1. The first-order valence-electron chi connectivity index (χ1n) is 6.53. The van der Waals surface area contributed by atoms with Gasteiger partial charge in [-0.3, -0.25) is 4.79 Å². The van der Waals surface area contributed by atoms with E-state index in [-0.39, 0.29) is 5.97 Å². The zero-order valence-electron chi connectivity index (χ0n) is 11.5. The van der Waals surface area contributed by atoms with Crippen LogP contribution in [-0.4, -0.2) is 19.7 Å². The molecule has 2 aromatic rings. The molecule has 0 aliphatic carbocycles. The van der Waals surface area contributed by atoms with Gasteiger partial charge in [0.25, 0.3) is 0 Å². The normalized spacial score (nSPS) is 10.4. The minimum Gasteiger partial charge on any atom is -0.469 e. The molecule has 0 saturated heterocycles. The van der Waals surface area contributed by atoms with Crippen LogP contribution in [0.25, 0.3) is 0 Å². The average Bonchev–Trinajstić information content (AvgIpc) is 2.98. The predicted molar refractivity (Wildman–Crippen MR) is 79.8 cm³/mol. The summed E-state index contributed by atoms with van der Waals surface area (Å²) < 4.78 is 10.4. The van der Waals surface area contributed by atoms with Gasteiger partial charge in [-0.15, -0.1) is 11.3 Å². The van der Waals surface area contributed by atoms with E-state index in [1.807, 2.05) is 30.3 Å². The van der Waals surface area contributed by atoms with Crippen molar-refractivity contribution in [1.29, 1.82) is 0 Å². The fourth-order valence-electron chi connectivity index (χ4n) is 1.91. The Morgan fingerprint density at radius 2 is 1.95 bits per heavy atom. The molecular formula is C16H18O3S. The first kappa shape index (κ1) is 14.8. The van der Waals surface area contributed by atoms with Gasteiger partial charge in [0.15, 0.2) is 0 Å². The molecule has 0 bridgehead atoms. The van der Waals surface area contributed by atoms with Crippen LogP contribution in [0.4, 0.5) is 0 Å². The van der Waals surface area contributed by atoms with Crippen molar-refractivity contribution in [2.24, 2.45) is 0 Å². The Labute approximate surface area is 123 Å². The number of ether oxygens (including phenoxy) is 2. The summed E-state index contributed by atoms with van der Waals surface area (Å²) in [6.45, 7) is 1.21. The molecule has 106 valence electrons. The van der Waals surface area contributed by atoms with Crippen molar-refractivity contribution in [1.82, 2.24) is 0 Å². The van der Waals surface area contributed by atoms with E-state index >= 15 is 0 Å². The minimum absolute atomic E-state index is 0.226. The molecule has 0 spiro atoms. The molecule has 2 rings (SSSR count). The highest BCUT2D eigenvalue weighted by Gasteiger charge is 2.07. The number of carbonyl (C=O) groups is 1. The zero-order valence-corrected chi connectivity index (χ0v) is 12.3. The molecule has 3 nitrogen and oxygen atoms in total. The molecule has 20 heavy (non-hydrogen) atoms. The summed E-state index contributed by atoms with van der Waals surface area (Å²) in [7, 11) is 1.41. The van der Waals surface area contributed by atoms with Crippen LogP contribution in [0.1, 0.15) is 16.0 Å². The first-order valence-corrected chi connectivity index (χ1v) is 7.41. The monoisotopic (exact) mass is 290 g/mol.